The average Bonchev–Trinajstić information content (AvgIpc) is 3.27. The summed E-state index contributed by atoms with van der Waals surface area (Å²) in [5.74, 6) is 0. The minimum absolute atomic E-state index is 0.00722. The molecule has 5 aromatic rings. The topological polar surface area (TPSA) is 12.0 Å². The fourth-order valence-electron chi connectivity index (χ4n) is 5.86. The highest BCUT2D eigenvalue weighted by Gasteiger charge is 2.35. The van der Waals surface area contributed by atoms with Crippen LogP contribution in [0.25, 0.3) is 44.2 Å². The van der Waals surface area contributed by atoms with Gasteiger partial charge in [0.1, 0.15) is 0 Å². The Morgan fingerprint density at radius 2 is 1.16 bits per heavy atom. The number of hydrogen-bond acceptors (Lipinski definition) is 1. The van der Waals surface area contributed by atoms with E-state index in [4.69, 9.17) is 0 Å². The van der Waals surface area contributed by atoms with Crippen LogP contribution in [-0.2, 0) is 5.41 Å². The predicted octanol–water partition coefficient (Wildman–Crippen LogP) is 8.54. The van der Waals surface area contributed by atoms with Crippen molar-refractivity contribution in [1.82, 2.24) is 0 Å². The quantitative estimate of drug-likeness (QED) is 0.302. The number of nitrogens with one attached hydrogen (secondary N) is 1. The molecule has 0 atom stereocenters. The van der Waals surface area contributed by atoms with Crippen molar-refractivity contribution in [2.45, 2.75) is 19.3 Å². The molecule has 2 aliphatic carbocycles. The third kappa shape index (κ3) is 2.23. The zero-order chi connectivity index (χ0) is 21.4. The van der Waals surface area contributed by atoms with E-state index in [-0.39, 0.29) is 5.41 Å². The first-order chi connectivity index (χ1) is 15.6. The lowest BCUT2D eigenvalue weighted by molar-refractivity contribution is 0.660. The smallest absolute Gasteiger partial charge is 0.0464 e. The van der Waals surface area contributed by atoms with Gasteiger partial charge in [0.15, 0.2) is 0 Å². The first-order valence-corrected chi connectivity index (χ1v) is 11.3. The lowest BCUT2D eigenvalue weighted by Gasteiger charge is -2.22. The summed E-state index contributed by atoms with van der Waals surface area (Å²) in [5.41, 5.74) is 13.2. The minimum atomic E-state index is 0.00722. The minimum Gasteiger partial charge on any atom is -0.355 e. The molecule has 0 heterocycles. The van der Waals surface area contributed by atoms with Crippen molar-refractivity contribution in [3.63, 3.8) is 0 Å². The van der Waals surface area contributed by atoms with Gasteiger partial charge in [-0.1, -0.05) is 92.7 Å². The van der Waals surface area contributed by atoms with Crippen LogP contribution in [0, 0.1) is 0 Å². The maximum Gasteiger partial charge on any atom is 0.0464 e. The molecule has 1 heteroatoms. The SMILES string of the molecule is CC1(C)c2ccccc2-c2ccc(Nc3ccc4c5c(cccc35)-c3ccccc3-4)cc21. The molecule has 0 aromatic heterocycles. The molecule has 152 valence electrons. The normalized spacial score (nSPS) is 14.2. The summed E-state index contributed by atoms with van der Waals surface area (Å²) >= 11 is 0. The van der Waals surface area contributed by atoms with Crippen LogP contribution in [0.3, 0.4) is 0 Å². The summed E-state index contributed by atoms with van der Waals surface area (Å²) < 4.78 is 0. The summed E-state index contributed by atoms with van der Waals surface area (Å²) in [6.07, 6.45) is 0. The lowest BCUT2D eigenvalue weighted by Crippen LogP contribution is -2.15. The molecule has 0 unspecified atom stereocenters. The molecule has 1 N–H and O–H groups in total. The van der Waals surface area contributed by atoms with Crippen molar-refractivity contribution in [3.05, 3.63) is 108 Å². The Morgan fingerprint density at radius 3 is 1.97 bits per heavy atom. The largest absolute Gasteiger partial charge is 0.355 e. The van der Waals surface area contributed by atoms with Gasteiger partial charge in [0.25, 0.3) is 0 Å². The number of benzene rings is 5. The molecule has 0 bridgehead atoms. The molecule has 0 spiro atoms. The van der Waals surface area contributed by atoms with Crippen molar-refractivity contribution in [2.24, 2.45) is 0 Å². The van der Waals surface area contributed by atoms with Gasteiger partial charge in [-0.2, -0.15) is 0 Å². The van der Waals surface area contributed by atoms with Crippen LogP contribution in [0.15, 0.2) is 97.1 Å². The van der Waals surface area contributed by atoms with E-state index in [1.165, 1.54) is 55.3 Å². The van der Waals surface area contributed by atoms with Gasteiger partial charge in [-0.15, -0.1) is 0 Å². The van der Waals surface area contributed by atoms with Crippen LogP contribution >= 0.6 is 0 Å². The maximum absolute atomic E-state index is 3.75. The lowest BCUT2D eigenvalue weighted by atomic mass is 9.82. The van der Waals surface area contributed by atoms with Gasteiger partial charge in [0, 0.05) is 22.2 Å². The van der Waals surface area contributed by atoms with Crippen LogP contribution in [0.1, 0.15) is 25.0 Å². The zero-order valence-electron chi connectivity index (χ0n) is 18.2. The Balaban J connectivity index is 1.35. The van der Waals surface area contributed by atoms with Crippen LogP contribution in [-0.4, -0.2) is 0 Å². The van der Waals surface area contributed by atoms with Gasteiger partial charge in [-0.05, 0) is 68.1 Å². The van der Waals surface area contributed by atoms with Gasteiger partial charge < -0.3 is 5.32 Å². The van der Waals surface area contributed by atoms with Crippen LogP contribution in [0.2, 0.25) is 0 Å². The maximum atomic E-state index is 3.75. The third-order valence-corrected chi connectivity index (χ3v) is 7.41. The molecule has 1 nitrogen and oxygen atoms in total. The van der Waals surface area contributed by atoms with Gasteiger partial charge in [0.05, 0.1) is 0 Å². The molecule has 0 fully saturated rings. The highest BCUT2D eigenvalue weighted by atomic mass is 14.9. The number of fused-ring (bicyclic) bond motifs is 6. The molecule has 7 rings (SSSR count). The summed E-state index contributed by atoms with van der Waals surface area (Å²) in [6, 6.07) is 35.5. The third-order valence-electron chi connectivity index (χ3n) is 7.41. The second-order valence-electron chi connectivity index (χ2n) is 9.49. The first-order valence-electron chi connectivity index (χ1n) is 11.3. The molecule has 5 aromatic carbocycles. The van der Waals surface area contributed by atoms with E-state index in [9.17, 15) is 0 Å². The molecule has 0 aliphatic heterocycles. The number of anilines is 2. The first kappa shape index (κ1) is 17.8. The molecule has 0 saturated heterocycles. The van der Waals surface area contributed by atoms with E-state index in [1.807, 2.05) is 0 Å². The number of hydrogen-bond donors (Lipinski definition) is 1. The van der Waals surface area contributed by atoms with E-state index in [2.05, 4.69) is 116 Å². The molecular weight excluding hydrogens is 386 g/mol. The van der Waals surface area contributed by atoms with Crippen molar-refractivity contribution in [1.29, 1.82) is 0 Å². The molecule has 2 aliphatic rings. The van der Waals surface area contributed by atoms with Crippen molar-refractivity contribution < 1.29 is 0 Å². The van der Waals surface area contributed by atoms with Gasteiger partial charge in [0.2, 0.25) is 0 Å². The highest BCUT2D eigenvalue weighted by Crippen LogP contribution is 2.51. The van der Waals surface area contributed by atoms with E-state index in [0.717, 1.165) is 11.4 Å². The van der Waals surface area contributed by atoms with Crippen LogP contribution < -0.4 is 5.32 Å². The molecule has 0 saturated carbocycles. The second kappa shape index (κ2) is 6.11. The summed E-state index contributed by atoms with van der Waals surface area (Å²) in [4.78, 5) is 0. The number of rotatable bonds is 2. The Kier molecular flexibility index (Phi) is 3.40. The van der Waals surface area contributed by atoms with E-state index >= 15 is 0 Å². The van der Waals surface area contributed by atoms with E-state index < -0.39 is 0 Å². The molecule has 0 amide bonds. The molecule has 32 heavy (non-hydrogen) atoms. The average molecular weight is 410 g/mol. The van der Waals surface area contributed by atoms with Crippen molar-refractivity contribution in [2.75, 3.05) is 5.32 Å². The Hall–Kier alpha value is -3.84. The van der Waals surface area contributed by atoms with Crippen LogP contribution in [0.5, 0.6) is 0 Å². The summed E-state index contributed by atoms with van der Waals surface area (Å²) in [7, 11) is 0. The predicted molar refractivity (Wildman–Crippen MR) is 136 cm³/mol. The monoisotopic (exact) mass is 409 g/mol. The standard InChI is InChI=1S/C31H23N/c1-31(2)27-13-6-5-10-22(27)23-15-14-19(18-28(23)31)32-29-17-16-25-21-9-4-3-8-20(21)24-11-7-12-26(29)30(24)25/h3-18,32H,1-2H3. The van der Waals surface area contributed by atoms with Gasteiger partial charge in [-0.25, -0.2) is 0 Å². The Bertz CT molecular complexity index is 1540. The molecular formula is C31H23N. The highest BCUT2D eigenvalue weighted by molar-refractivity contribution is 6.18. The van der Waals surface area contributed by atoms with Crippen molar-refractivity contribution >= 4 is 22.1 Å². The Morgan fingerprint density at radius 1 is 0.531 bits per heavy atom. The van der Waals surface area contributed by atoms with E-state index in [1.54, 1.807) is 0 Å². The van der Waals surface area contributed by atoms with Crippen LogP contribution in [0.4, 0.5) is 11.4 Å². The Labute approximate surface area is 188 Å². The zero-order valence-corrected chi connectivity index (χ0v) is 18.2. The van der Waals surface area contributed by atoms with Gasteiger partial charge in [-0.3, -0.25) is 0 Å². The van der Waals surface area contributed by atoms with Gasteiger partial charge >= 0.3 is 0 Å². The summed E-state index contributed by atoms with van der Waals surface area (Å²) in [5, 5.41) is 6.38. The van der Waals surface area contributed by atoms with Crippen molar-refractivity contribution in [3.8, 4) is 33.4 Å². The fourth-order valence-corrected chi connectivity index (χ4v) is 5.86. The van der Waals surface area contributed by atoms with E-state index in [0.29, 0.717) is 0 Å². The molecule has 0 radical (unpaired) electrons. The second-order valence-corrected chi connectivity index (χ2v) is 9.49. The fraction of sp³-hybridized carbons (Fsp3) is 0.0968. The summed E-state index contributed by atoms with van der Waals surface area (Å²) in [6.45, 7) is 4.66.